The zero-order valence-electron chi connectivity index (χ0n) is 18.0. The molecule has 2 aromatic carbocycles. The first kappa shape index (κ1) is 20.5. The predicted octanol–water partition coefficient (Wildman–Crippen LogP) is 5.36. The number of hydrogen-bond acceptors (Lipinski definition) is 4. The zero-order valence-corrected chi connectivity index (χ0v) is 18.8. The van der Waals surface area contributed by atoms with Gasteiger partial charge in [0.25, 0.3) is 5.91 Å². The topological polar surface area (TPSA) is 76.0 Å². The van der Waals surface area contributed by atoms with Gasteiger partial charge >= 0.3 is 0 Å². The van der Waals surface area contributed by atoms with Crippen LogP contribution in [0.15, 0.2) is 54.6 Å². The fraction of sp³-hybridized carbons (Fsp3) is 0.240. The minimum absolute atomic E-state index is 0.0501. The molecule has 0 unspecified atom stereocenters. The average Bonchev–Trinajstić information content (AvgIpc) is 3.47. The number of nitrogens with one attached hydrogen (secondary N) is 2. The maximum Gasteiger partial charge on any atom is 0.265 e. The van der Waals surface area contributed by atoms with Crippen LogP contribution in [0.2, 0.25) is 0 Å². The quantitative estimate of drug-likeness (QED) is 0.420. The number of nitrogens with zero attached hydrogens (tertiary/aromatic N) is 2. The molecule has 0 bridgehead atoms. The second-order valence-corrected chi connectivity index (χ2v) is 9.34. The fourth-order valence-electron chi connectivity index (χ4n) is 3.70. The lowest BCUT2D eigenvalue weighted by Gasteiger charge is -2.11. The standard InChI is InChI=1S/C25H24N4O2S/c1-15-8-11-19(26-23(30)18-9-10-18)12-21(15)27-24(31)22-13-20-16(2)28-29(25(20)32-22)14-17-6-4-3-5-7-17/h3-8,11-13,18H,9-10,14H2,1-2H3,(H,26,30)(H,27,31). The number of aromatic nitrogens is 2. The van der Waals surface area contributed by atoms with Crippen LogP contribution in [0.4, 0.5) is 11.4 Å². The maximum absolute atomic E-state index is 13.0. The highest BCUT2D eigenvalue weighted by Crippen LogP contribution is 2.32. The number of rotatable bonds is 6. The van der Waals surface area contributed by atoms with E-state index >= 15 is 0 Å². The molecule has 5 rings (SSSR count). The minimum Gasteiger partial charge on any atom is -0.326 e. The molecule has 2 aromatic heterocycles. The molecule has 1 fully saturated rings. The monoisotopic (exact) mass is 444 g/mol. The van der Waals surface area contributed by atoms with Crippen molar-refractivity contribution >= 4 is 44.7 Å². The molecular weight excluding hydrogens is 420 g/mol. The highest BCUT2D eigenvalue weighted by molar-refractivity contribution is 7.20. The molecule has 2 heterocycles. The highest BCUT2D eigenvalue weighted by atomic mass is 32.1. The Morgan fingerprint density at radius 2 is 1.84 bits per heavy atom. The van der Waals surface area contributed by atoms with Crippen molar-refractivity contribution in [3.63, 3.8) is 0 Å². The van der Waals surface area contributed by atoms with Crippen LogP contribution in [0.25, 0.3) is 10.2 Å². The van der Waals surface area contributed by atoms with Crippen LogP contribution in [0.5, 0.6) is 0 Å². The van der Waals surface area contributed by atoms with Crippen molar-refractivity contribution in [1.29, 1.82) is 0 Å². The number of aryl methyl sites for hydroxylation is 2. The molecule has 1 aliphatic carbocycles. The smallest absolute Gasteiger partial charge is 0.265 e. The van der Waals surface area contributed by atoms with Gasteiger partial charge in [-0.1, -0.05) is 36.4 Å². The van der Waals surface area contributed by atoms with Gasteiger partial charge in [0.1, 0.15) is 4.83 Å². The Balaban J connectivity index is 1.37. The third-order valence-electron chi connectivity index (χ3n) is 5.71. The van der Waals surface area contributed by atoms with Crippen molar-refractivity contribution in [1.82, 2.24) is 9.78 Å². The Labute approximate surface area is 190 Å². The van der Waals surface area contributed by atoms with Crippen LogP contribution in [-0.2, 0) is 11.3 Å². The average molecular weight is 445 g/mol. The van der Waals surface area contributed by atoms with Gasteiger partial charge in [0.15, 0.2) is 0 Å². The van der Waals surface area contributed by atoms with Crippen molar-refractivity contribution in [2.75, 3.05) is 10.6 Å². The van der Waals surface area contributed by atoms with Crippen molar-refractivity contribution in [3.05, 3.63) is 76.3 Å². The summed E-state index contributed by atoms with van der Waals surface area (Å²) in [6.07, 6.45) is 1.91. The number of carbonyl (C=O) groups is 2. The second-order valence-electron chi connectivity index (χ2n) is 8.31. The molecule has 1 saturated carbocycles. The lowest BCUT2D eigenvalue weighted by molar-refractivity contribution is -0.117. The molecule has 2 amide bonds. The first-order chi connectivity index (χ1) is 15.5. The number of hydrogen-bond donors (Lipinski definition) is 2. The van der Waals surface area contributed by atoms with Crippen LogP contribution < -0.4 is 10.6 Å². The molecule has 7 heteroatoms. The van der Waals surface area contributed by atoms with E-state index in [9.17, 15) is 9.59 Å². The van der Waals surface area contributed by atoms with E-state index in [-0.39, 0.29) is 17.7 Å². The van der Waals surface area contributed by atoms with Gasteiger partial charge in [0, 0.05) is 22.7 Å². The predicted molar refractivity (Wildman–Crippen MR) is 128 cm³/mol. The molecule has 0 aliphatic heterocycles. The van der Waals surface area contributed by atoms with Crippen LogP contribution in [0.1, 0.15) is 39.3 Å². The lowest BCUT2D eigenvalue weighted by atomic mass is 10.1. The lowest BCUT2D eigenvalue weighted by Crippen LogP contribution is -2.15. The number of amides is 2. The summed E-state index contributed by atoms with van der Waals surface area (Å²) in [4.78, 5) is 26.7. The van der Waals surface area contributed by atoms with Crippen molar-refractivity contribution in [2.24, 2.45) is 5.92 Å². The zero-order chi connectivity index (χ0) is 22.2. The summed E-state index contributed by atoms with van der Waals surface area (Å²) in [5.41, 5.74) is 4.41. The summed E-state index contributed by atoms with van der Waals surface area (Å²) in [6, 6.07) is 17.7. The Morgan fingerprint density at radius 1 is 1.06 bits per heavy atom. The summed E-state index contributed by atoms with van der Waals surface area (Å²) in [5.74, 6) is 0.0197. The molecule has 0 spiro atoms. The first-order valence-electron chi connectivity index (χ1n) is 10.7. The van der Waals surface area contributed by atoms with Gasteiger partial charge in [-0.25, -0.2) is 0 Å². The minimum atomic E-state index is -0.161. The SMILES string of the molecule is Cc1ccc(NC(=O)C2CC2)cc1NC(=O)c1cc2c(C)nn(Cc3ccccc3)c2s1. The van der Waals surface area contributed by atoms with Gasteiger partial charge in [0.2, 0.25) is 5.91 Å². The summed E-state index contributed by atoms with van der Waals surface area (Å²) in [6.45, 7) is 4.57. The van der Waals surface area contributed by atoms with Crippen LogP contribution in [-0.4, -0.2) is 21.6 Å². The molecular formula is C25H24N4O2S. The molecule has 32 heavy (non-hydrogen) atoms. The molecule has 0 atom stereocenters. The largest absolute Gasteiger partial charge is 0.326 e. The van der Waals surface area contributed by atoms with Gasteiger partial charge in [-0.05, 0) is 56.0 Å². The summed E-state index contributed by atoms with van der Waals surface area (Å²) >= 11 is 1.44. The van der Waals surface area contributed by atoms with E-state index in [0.29, 0.717) is 22.8 Å². The second kappa shape index (κ2) is 8.24. The third-order valence-corrected chi connectivity index (χ3v) is 6.85. The van der Waals surface area contributed by atoms with Gasteiger partial charge in [-0.2, -0.15) is 5.10 Å². The Bertz CT molecular complexity index is 1320. The van der Waals surface area contributed by atoms with Crippen LogP contribution in [0.3, 0.4) is 0 Å². The molecule has 1 aliphatic rings. The van der Waals surface area contributed by atoms with E-state index in [0.717, 1.165) is 39.9 Å². The van der Waals surface area contributed by atoms with Crippen molar-refractivity contribution in [3.8, 4) is 0 Å². The Kier molecular flexibility index (Phi) is 5.27. The van der Waals surface area contributed by atoms with E-state index in [4.69, 9.17) is 0 Å². The molecule has 4 aromatic rings. The maximum atomic E-state index is 13.0. The molecule has 0 saturated heterocycles. The molecule has 6 nitrogen and oxygen atoms in total. The van der Waals surface area contributed by atoms with E-state index in [1.54, 1.807) is 0 Å². The molecule has 2 N–H and O–H groups in total. The number of fused-ring (bicyclic) bond motifs is 1. The van der Waals surface area contributed by atoms with Gasteiger partial charge < -0.3 is 10.6 Å². The van der Waals surface area contributed by atoms with Crippen molar-refractivity contribution in [2.45, 2.75) is 33.2 Å². The van der Waals surface area contributed by atoms with Gasteiger partial charge in [0.05, 0.1) is 17.1 Å². The third kappa shape index (κ3) is 4.16. The van der Waals surface area contributed by atoms with Crippen molar-refractivity contribution < 1.29 is 9.59 Å². The Hall–Kier alpha value is -3.45. The van der Waals surface area contributed by atoms with E-state index in [1.807, 2.05) is 61.0 Å². The van der Waals surface area contributed by atoms with Crippen LogP contribution in [0, 0.1) is 19.8 Å². The van der Waals surface area contributed by atoms with E-state index < -0.39 is 0 Å². The summed E-state index contributed by atoms with van der Waals surface area (Å²) in [7, 11) is 0. The number of carbonyl (C=O) groups excluding carboxylic acids is 2. The van der Waals surface area contributed by atoms with E-state index in [1.165, 1.54) is 11.3 Å². The van der Waals surface area contributed by atoms with E-state index in [2.05, 4.69) is 27.9 Å². The number of thiophene rings is 1. The summed E-state index contributed by atoms with van der Waals surface area (Å²) < 4.78 is 1.96. The van der Waals surface area contributed by atoms with Gasteiger partial charge in [-0.3, -0.25) is 14.3 Å². The van der Waals surface area contributed by atoms with Crippen LogP contribution >= 0.6 is 11.3 Å². The summed E-state index contributed by atoms with van der Waals surface area (Å²) in [5, 5.41) is 11.6. The number of benzene rings is 2. The van der Waals surface area contributed by atoms with Gasteiger partial charge in [-0.15, -0.1) is 11.3 Å². The highest BCUT2D eigenvalue weighted by Gasteiger charge is 2.29. The molecule has 0 radical (unpaired) electrons. The normalized spacial score (nSPS) is 13.3. The first-order valence-corrected chi connectivity index (χ1v) is 11.5. The molecule has 162 valence electrons. The Morgan fingerprint density at radius 3 is 2.59 bits per heavy atom. The number of anilines is 2. The fourth-order valence-corrected chi connectivity index (χ4v) is 4.75.